The molecule has 3 aliphatic heterocycles. The van der Waals surface area contributed by atoms with E-state index in [2.05, 4.69) is 26.7 Å². The van der Waals surface area contributed by atoms with Gasteiger partial charge >= 0.3 is 34.5 Å². The molecule has 2 bridgehead atoms. The van der Waals surface area contributed by atoms with Crippen molar-refractivity contribution in [3.8, 4) is 0 Å². The normalized spacial score (nSPS) is 42.2. The Balaban J connectivity index is 0.000000396. The Labute approximate surface area is 99.0 Å². The molecule has 3 nitrogen and oxygen atoms in total. The van der Waals surface area contributed by atoms with E-state index >= 15 is 0 Å². The molecule has 0 N–H and O–H groups in total. The van der Waals surface area contributed by atoms with Crippen LogP contribution in [-0.4, -0.2) is 25.8 Å². The molecule has 0 unspecified atom stereocenters. The molecule has 0 aliphatic carbocycles. The zero-order valence-electron chi connectivity index (χ0n) is 7.59. The van der Waals surface area contributed by atoms with Gasteiger partial charge < -0.3 is 20.8 Å². The molecule has 0 aromatic rings. The quantitative estimate of drug-likeness (QED) is 0.410. The Hall–Kier alpha value is 0.973. The molecule has 0 aromatic heterocycles. The van der Waals surface area contributed by atoms with E-state index in [1.54, 1.807) is 0 Å². The molecule has 3 heterocycles. The van der Waals surface area contributed by atoms with Gasteiger partial charge in [0.1, 0.15) is 0 Å². The van der Waals surface area contributed by atoms with Gasteiger partial charge in [-0.2, -0.15) is 6.08 Å². The topological polar surface area (TPSA) is 27.7 Å². The van der Waals surface area contributed by atoms with E-state index in [-0.39, 0.29) is 5.41 Å². The average molecular weight is 347 g/mol. The third-order valence-electron chi connectivity index (χ3n) is 2.07. The molecule has 3 aliphatic rings. The van der Waals surface area contributed by atoms with Crippen molar-refractivity contribution in [1.29, 1.82) is 0 Å². The molecule has 0 saturated carbocycles. The van der Waals surface area contributed by atoms with Crippen LogP contribution in [0.5, 0.6) is 0 Å². The summed E-state index contributed by atoms with van der Waals surface area (Å²) in [7, 11) is 0. The van der Waals surface area contributed by atoms with Gasteiger partial charge in [-0.25, -0.2) is 0 Å². The number of rotatable bonds is 1. The summed E-state index contributed by atoms with van der Waals surface area (Å²) in [6.45, 7) is 9.34. The summed E-state index contributed by atoms with van der Waals surface area (Å²) < 4.78 is 15.9. The van der Waals surface area contributed by atoms with Crippen LogP contribution in [0.3, 0.4) is 0 Å². The molecular formula is C8H11IO3Zn. The van der Waals surface area contributed by atoms with Crippen molar-refractivity contribution in [3.63, 3.8) is 0 Å². The van der Waals surface area contributed by atoms with Crippen LogP contribution in [0.25, 0.3) is 0 Å². The number of hydrogen-bond donors (Lipinski definition) is 0. The van der Waals surface area contributed by atoms with Gasteiger partial charge in [-0.1, -0.05) is 6.92 Å². The van der Waals surface area contributed by atoms with Gasteiger partial charge in [0, 0.05) is 5.41 Å². The van der Waals surface area contributed by atoms with Gasteiger partial charge in [-0.05, 0) is 0 Å². The first-order valence-electron chi connectivity index (χ1n) is 3.93. The minimum atomic E-state index is -1.04. The standard InChI is InChI=1S/C8H11O3.HI.Zn/c1-3-8-9-4-7(2,5-10-8)6-11-8;;/h1,3H,4-6H2,2H3;1H;/q-1;;+2/p-1. The molecule has 0 atom stereocenters. The van der Waals surface area contributed by atoms with Crippen molar-refractivity contribution in [3.05, 3.63) is 12.7 Å². The van der Waals surface area contributed by atoms with Crippen LogP contribution >= 0.6 is 19.8 Å². The van der Waals surface area contributed by atoms with E-state index in [9.17, 15) is 0 Å². The fourth-order valence-corrected chi connectivity index (χ4v) is 1.22. The zero-order chi connectivity index (χ0) is 9.95. The number of halogens is 1. The molecule has 0 aromatic carbocycles. The number of hydrogen-bond acceptors (Lipinski definition) is 3. The number of ether oxygens (including phenoxy) is 3. The molecule has 70 valence electrons. The first-order valence-corrected chi connectivity index (χ1v) is 13.0. The van der Waals surface area contributed by atoms with E-state index in [1.165, 1.54) is 20.9 Å². The fraction of sp³-hybridized carbons (Fsp3) is 0.750. The van der Waals surface area contributed by atoms with Crippen LogP contribution < -0.4 is 0 Å². The second-order valence-electron chi connectivity index (χ2n) is 3.45. The minimum absolute atomic E-state index is 0.0186. The summed E-state index contributed by atoms with van der Waals surface area (Å²) >= 11 is 3.62. The van der Waals surface area contributed by atoms with Gasteiger partial charge in [-0.15, -0.1) is 0 Å². The first-order chi connectivity index (χ1) is 6.18. The Bertz CT molecular complexity index is 173. The summed E-state index contributed by atoms with van der Waals surface area (Å²) in [6, 6.07) is 0. The van der Waals surface area contributed by atoms with Crippen LogP contribution in [0.1, 0.15) is 6.92 Å². The van der Waals surface area contributed by atoms with E-state index in [0.717, 1.165) is 0 Å². The molecule has 5 heteroatoms. The monoisotopic (exact) mass is 346 g/mol. The van der Waals surface area contributed by atoms with Crippen molar-refractivity contribution in [2.24, 2.45) is 5.41 Å². The van der Waals surface area contributed by atoms with Gasteiger partial charge in [-0.3, -0.25) is 0 Å². The third kappa shape index (κ3) is 2.50. The second-order valence-corrected chi connectivity index (χ2v) is 3.45. The van der Waals surface area contributed by atoms with E-state index in [1.807, 2.05) is 0 Å². The maximum absolute atomic E-state index is 5.32. The summed E-state index contributed by atoms with van der Waals surface area (Å²) in [5.74, 6) is -1.04. The molecule has 0 radical (unpaired) electrons. The SMILES string of the molecule is [CH-]=CC12OCC(C)(CO1)CO2.[Zn+][I]. The predicted octanol–water partition coefficient (Wildman–Crippen LogP) is 1.60. The summed E-state index contributed by atoms with van der Waals surface area (Å²) in [6.07, 6.45) is 1.31. The van der Waals surface area contributed by atoms with Gasteiger partial charge in [0.25, 0.3) is 5.97 Å². The van der Waals surface area contributed by atoms with E-state index < -0.39 is 5.97 Å². The van der Waals surface area contributed by atoms with Crippen molar-refractivity contribution in [2.45, 2.75) is 12.9 Å². The second kappa shape index (κ2) is 4.66. The van der Waals surface area contributed by atoms with E-state index in [0.29, 0.717) is 19.8 Å². The maximum atomic E-state index is 5.32. The van der Waals surface area contributed by atoms with Gasteiger partial charge in [0.2, 0.25) is 0 Å². The van der Waals surface area contributed by atoms with Gasteiger partial charge in [0.05, 0.1) is 19.8 Å². The molecule has 0 spiro atoms. The van der Waals surface area contributed by atoms with Crippen LogP contribution in [0.15, 0.2) is 6.08 Å². The molecule has 3 rings (SSSR count). The first kappa shape index (κ1) is 12.0. The molecular weight excluding hydrogens is 336 g/mol. The molecule has 0 amide bonds. The number of fused-ring (bicyclic) bond motifs is 3. The summed E-state index contributed by atoms with van der Waals surface area (Å²) in [4.78, 5) is 0. The van der Waals surface area contributed by atoms with Crippen LogP contribution in [0.4, 0.5) is 0 Å². The van der Waals surface area contributed by atoms with Crippen LogP contribution in [0.2, 0.25) is 0 Å². The summed E-state index contributed by atoms with van der Waals surface area (Å²) in [5.41, 5.74) is 0.0186. The molecule has 3 saturated heterocycles. The summed E-state index contributed by atoms with van der Waals surface area (Å²) in [5, 5.41) is 0. The predicted molar refractivity (Wildman–Crippen MR) is 51.6 cm³/mol. The Morgan fingerprint density at radius 1 is 1.23 bits per heavy atom. The van der Waals surface area contributed by atoms with Crippen LogP contribution in [0, 0.1) is 12.0 Å². The van der Waals surface area contributed by atoms with Crippen molar-refractivity contribution in [1.82, 2.24) is 0 Å². The molecule has 13 heavy (non-hydrogen) atoms. The Morgan fingerprint density at radius 2 is 1.62 bits per heavy atom. The van der Waals surface area contributed by atoms with Gasteiger partial charge in [0.15, 0.2) is 0 Å². The fourth-order valence-electron chi connectivity index (χ4n) is 1.22. The third-order valence-corrected chi connectivity index (χ3v) is 2.07. The van der Waals surface area contributed by atoms with Crippen molar-refractivity contribution >= 4 is 19.8 Å². The van der Waals surface area contributed by atoms with E-state index in [4.69, 9.17) is 20.8 Å². The Kier molecular flexibility index (Phi) is 4.32. The van der Waals surface area contributed by atoms with Crippen molar-refractivity contribution in [2.75, 3.05) is 19.8 Å². The Morgan fingerprint density at radius 3 is 1.92 bits per heavy atom. The zero-order valence-corrected chi connectivity index (χ0v) is 12.7. The molecule has 3 fully saturated rings. The average Bonchev–Trinajstić information content (AvgIpc) is 2.23. The van der Waals surface area contributed by atoms with Crippen molar-refractivity contribution < 1.29 is 29.0 Å². The van der Waals surface area contributed by atoms with Crippen LogP contribution in [-0.2, 0) is 29.0 Å².